The minimum atomic E-state index is -0.254. The van der Waals surface area contributed by atoms with Crippen LogP contribution in [0.5, 0.6) is 5.75 Å². The van der Waals surface area contributed by atoms with E-state index in [-0.39, 0.29) is 17.7 Å². The van der Waals surface area contributed by atoms with Gasteiger partial charge in [-0.3, -0.25) is 9.59 Å². The highest BCUT2D eigenvalue weighted by atomic mass is 16.5. The molecule has 0 aromatic heterocycles. The van der Waals surface area contributed by atoms with Gasteiger partial charge in [-0.15, -0.1) is 0 Å². The summed E-state index contributed by atoms with van der Waals surface area (Å²) in [5.74, 6) is 0.383. The summed E-state index contributed by atoms with van der Waals surface area (Å²) in [6, 6.07) is 21.8. The molecule has 0 bridgehead atoms. The van der Waals surface area contributed by atoms with Crippen LogP contribution in [-0.2, 0) is 16.1 Å². The second kappa shape index (κ2) is 10.2. The van der Waals surface area contributed by atoms with Crippen LogP contribution in [0.3, 0.4) is 0 Å². The number of benzene rings is 3. The van der Waals surface area contributed by atoms with E-state index in [1.54, 1.807) is 48.4 Å². The highest BCUT2D eigenvalue weighted by molar-refractivity contribution is 6.06. The highest BCUT2D eigenvalue weighted by Crippen LogP contribution is 2.27. The van der Waals surface area contributed by atoms with E-state index >= 15 is 0 Å². The third-order valence-corrected chi connectivity index (χ3v) is 5.69. The number of hydrogen-bond donors (Lipinski definition) is 2. The van der Waals surface area contributed by atoms with E-state index in [2.05, 4.69) is 5.32 Å². The van der Waals surface area contributed by atoms with Gasteiger partial charge in [-0.2, -0.15) is 0 Å². The lowest BCUT2D eigenvalue weighted by atomic mass is 10.1. The number of nitrogens with zero attached hydrogens (tertiary/aromatic N) is 1. The Bertz CT molecular complexity index is 1130. The summed E-state index contributed by atoms with van der Waals surface area (Å²) in [7, 11) is 1.63. The van der Waals surface area contributed by atoms with Crippen molar-refractivity contribution in [3.8, 4) is 5.75 Å². The van der Waals surface area contributed by atoms with Gasteiger partial charge in [-0.1, -0.05) is 24.3 Å². The maximum atomic E-state index is 12.9. The molecule has 0 aliphatic carbocycles. The van der Waals surface area contributed by atoms with Gasteiger partial charge in [-0.05, 0) is 60.5 Å². The van der Waals surface area contributed by atoms with Crippen molar-refractivity contribution in [3.05, 3.63) is 83.9 Å². The number of nitrogen functional groups attached to an aromatic ring is 1. The first-order valence-corrected chi connectivity index (χ1v) is 10.8. The van der Waals surface area contributed by atoms with E-state index in [1.807, 2.05) is 36.4 Å². The van der Waals surface area contributed by atoms with Crippen LogP contribution in [0.25, 0.3) is 0 Å². The third kappa shape index (κ3) is 5.32. The minimum Gasteiger partial charge on any atom is -0.497 e. The predicted octanol–water partition coefficient (Wildman–Crippen LogP) is 4.10. The molecular formula is C26H27N3O4. The number of rotatable bonds is 8. The van der Waals surface area contributed by atoms with Crippen molar-refractivity contribution in [1.29, 1.82) is 0 Å². The monoisotopic (exact) mass is 445 g/mol. The highest BCUT2D eigenvalue weighted by Gasteiger charge is 2.32. The first-order valence-electron chi connectivity index (χ1n) is 10.8. The fourth-order valence-electron chi connectivity index (χ4n) is 3.83. The summed E-state index contributed by atoms with van der Waals surface area (Å²) in [5, 5.41) is 2.81. The standard InChI is InChI=1S/C26H27N3O4/c1-32-22-6-4-5-18(15-22)16-33-17-20-13-14-29(26(20)31)21-11-9-19(10-12-21)25(30)28-24-8-3-2-7-23(24)27/h2-12,15,20H,13-14,16-17,27H2,1H3,(H,28,30). The largest absolute Gasteiger partial charge is 0.497 e. The first-order chi connectivity index (χ1) is 16.0. The molecule has 1 fully saturated rings. The lowest BCUT2D eigenvalue weighted by Gasteiger charge is -2.17. The molecule has 3 N–H and O–H groups in total. The molecular weight excluding hydrogens is 418 g/mol. The molecule has 3 aromatic carbocycles. The molecule has 170 valence electrons. The summed E-state index contributed by atoms with van der Waals surface area (Å²) in [6.07, 6.45) is 0.729. The van der Waals surface area contributed by atoms with Crippen LogP contribution in [0.4, 0.5) is 17.1 Å². The fourth-order valence-corrected chi connectivity index (χ4v) is 3.83. The lowest BCUT2D eigenvalue weighted by Crippen LogP contribution is -2.28. The van der Waals surface area contributed by atoms with E-state index in [4.69, 9.17) is 15.2 Å². The molecule has 1 unspecified atom stereocenters. The fraction of sp³-hybridized carbons (Fsp3) is 0.231. The van der Waals surface area contributed by atoms with E-state index in [9.17, 15) is 9.59 Å². The Hall–Kier alpha value is -3.84. The molecule has 3 aromatic rings. The number of anilines is 3. The molecule has 4 rings (SSSR count). The Morgan fingerprint density at radius 2 is 1.88 bits per heavy atom. The predicted molar refractivity (Wildman–Crippen MR) is 128 cm³/mol. The van der Waals surface area contributed by atoms with Gasteiger partial charge in [0, 0.05) is 17.8 Å². The van der Waals surface area contributed by atoms with E-state index in [0.29, 0.717) is 36.7 Å². The van der Waals surface area contributed by atoms with Crippen LogP contribution in [0.2, 0.25) is 0 Å². The Morgan fingerprint density at radius 1 is 1.09 bits per heavy atom. The van der Waals surface area contributed by atoms with Crippen LogP contribution < -0.4 is 20.7 Å². The van der Waals surface area contributed by atoms with Gasteiger partial charge in [0.2, 0.25) is 5.91 Å². The van der Waals surface area contributed by atoms with Crippen LogP contribution in [0.15, 0.2) is 72.8 Å². The topological polar surface area (TPSA) is 93.9 Å². The summed E-state index contributed by atoms with van der Waals surface area (Å²) >= 11 is 0. The van der Waals surface area contributed by atoms with Gasteiger partial charge < -0.3 is 25.4 Å². The van der Waals surface area contributed by atoms with Gasteiger partial charge in [0.25, 0.3) is 5.91 Å². The summed E-state index contributed by atoms with van der Waals surface area (Å²) < 4.78 is 11.0. The Kier molecular flexibility index (Phi) is 6.90. The number of amides is 2. The van der Waals surface area contributed by atoms with Crippen molar-refractivity contribution in [2.24, 2.45) is 5.92 Å². The second-order valence-electron chi connectivity index (χ2n) is 7.93. The van der Waals surface area contributed by atoms with E-state index in [0.717, 1.165) is 23.4 Å². The summed E-state index contributed by atoms with van der Waals surface area (Å²) in [4.78, 5) is 27.1. The zero-order valence-corrected chi connectivity index (χ0v) is 18.5. The van der Waals surface area contributed by atoms with Gasteiger partial charge in [0.1, 0.15) is 5.75 Å². The number of para-hydroxylation sites is 2. The SMILES string of the molecule is COc1cccc(COCC2CCN(c3ccc(C(=O)Nc4ccccc4N)cc3)C2=O)c1. The maximum absolute atomic E-state index is 12.9. The number of hydrogen-bond acceptors (Lipinski definition) is 5. The van der Waals surface area contributed by atoms with Crippen LogP contribution in [0.1, 0.15) is 22.3 Å². The number of methoxy groups -OCH3 is 1. The van der Waals surface area contributed by atoms with E-state index < -0.39 is 0 Å². The minimum absolute atomic E-state index is 0.0369. The van der Waals surface area contributed by atoms with Gasteiger partial charge in [-0.25, -0.2) is 0 Å². The molecule has 7 nitrogen and oxygen atoms in total. The van der Waals surface area contributed by atoms with Crippen molar-refractivity contribution >= 4 is 28.9 Å². The molecule has 1 aliphatic rings. The van der Waals surface area contributed by atoms with Crippen LogP contribution in [-0.4, -0.2) is 32.1 Å². The first kappa shape index (κ1) is 22.4. The summed E-state index contributed by atoms with van der Waals surface area (Å²) in [5.41, 5.74) is 9.22. The normalized spacial score (nSPS) is 15.5. The molecule has 0 spiro atoms. The van der Waals surface area contributed by atoms with Gasteiger partial charge >= 0.3 is 0 Å². The average molecular weight is 446 g/mol. The van der Waals surface area contributed by atoms with Crippen molar-refractivity contribution in [1.82, 2.24) is 0 Å². The third-order valence-electron chi connectivity index (χ3n) is 5.69. The van der Waals surface area contributed by atoms with Crippen LogP contribution in [0, 0.1) is 5.92 Å². The zero-order chi connectivity index (χ0) is 23.2. The Labute approximate surface area is 193 Å². The number of nitrogens with two attached hydrogens (primary N) is 1. The molecule has 1 atom stereocenters. The molecule has 2 amide bonds. The quantitative estimate of drug-likeness (QED) is 0.509. The number of ether oxygens (including phenoxy) is 2. The summed E-state index contributed by atoms with van der Waals surface area (Å²) in [6.45, 7) is 1.42. The van der Waals surface area contributed by atoms with Gasteiger partial charge in [0.15, 0.2) is 0 Å². The van der Waals surface area contributed by atoms with Crippen molar-refractivity contribution in [2.45, 2.75) is 13.0 Å². The Balaban J connectivity index is 1.31. The molecule has 0 saturated carbocycles. The Morgan fingerprint density at radius 3 is 2.64 bits per heavy atom. The second-order valence-corrected chi connectivity index (χ2v) is 7.93. The maximum Gasteiger partial charge on any atom is 0.255 e. The molecule has 1 heterocycles. The van der Waals surface area contributed by atoms with Crippen LogP contribution >= 0.6 is 0 Å². The molecule has 1 saturated heterocycles. The molecule has 1 aliphatic heterocycles. The van der Waals surface area contributed by atoms with Crippen molar-refractivity contribution in [2.75, 3.05) is 36.2 Å². The van der Waals surface area contributed by atoms with E-state index in [1.165, 1.54) is 0 Å². The molecule has 7 heteroatoms. The number of nitrogens with one attached hydrogen (secondary N) is 1. The number of carbonyl (C=O) groups is 2. The van der Waals surface area contributed by atoms with Gasteiger partial charge in [0.05, 0.1) is 37.6 Å². The lowest BCUT2D eigenvalue weighted by molar-refractivity contribution is -0.122. The number of carbonyl (C=O) groups excluding carboxylic acids is 2. The van der Waals surface area contributed by atoms with Crippen molar-refractivity contribution in [3.63, 3.8) is 0 Å². The molecule has 33 heavy (non-hydrogen) atoms. The average Bonchev–Trinajstić information content (AvgIpc) is 3.21. The zero-order valence-electron chi connectivity index (χ0n) is 18.5. The smallest absolute Gasteiger partial charge is 0.255 e. The molecule has 0 radical (unpaired) electrons. The van der Waals surface area contributed by atoms with Crippen molar-refractivity contribution < 1.29 is 19.1 Å².